The van der Waals surface area contributed by atoms with Crippen LogP contribution in [0.25, 0.3) is 0 Å². The molecule has 1 aromatic rings. The quantitative estimate of drug-likeness (QED) is 0.450. The highest BCUT2D eigenvalue weighted by atomic mass is 16.5. The minimum absolute atomic E-state index is 0.284. The zero-order valence-electron chi connectivity index (χ0n) is 14.2. The Morgan fingerprint density at radius 1 is 1.43 bits per heavy atom. The van der Waals surface area contributed by atoms with Gasteiger partial charge in [-0.1, -0.05) is 0 Å². The Morgan fingerprint density at radius 2 is 2.14 bits per heavy atom. The predicted molar refractivity (Wildman–Crippen MR) is 86.8 cm³/mol. The van der Waals surface area contributed by atoms with Gasteiger partial charge in [-0.25, -0.2) is 0 Å². The Balaban J connectivity index is 2.64. The normalized spacial score (nSPS) is 13.3. The van der Waals surface area contributed by atoms with Crippen molar-refractivity contribution in [2.45, 2.75) is 40.2 Å². The monoisotopic (exact) mass is 295 g/mol. The summed E-state index contributed by atoms with van der Waals surface area (Å²) in [5.41, 5.74) is 3.64. The van der Waals surface area contributed by atoms with Crippen LogP contribution in [0.4, 0.5) is 0 Å². The molecule has 0 amide bonds. The molecular formula is C15H29N5O. The number of hydrogen-bond acceptors (Lipinski definition) is 3. The molecule has 2 N–H and O–H groups in total. The summed E-state index contributed by atoms with van der Waals surface area (Å²) < 4.78 is 6.97. The van der Waals surface area contributed by atoms with Crippen molar-refractivity contribution in [2.75, 3.05) is 26.8 Å². The highest BCUT2D eigenvalue weighted by Crippen LogP contribution is 2.14. The maximum Gasteiger partial charge on any atom is 0.191 e. The van der Waals surface area contributed by atoms with Gasteiger partial charge in [0.15, 0.2) is 5.96 Å². The summed E-state index contributed by atoms with van der Waals surface area (Å²) in [5, 5.41) is 11.2. The lowest BCUT2D eigenvalue weighted by molar-refractivity contribution is 0.208. The summed E-state index contributed by atoms with van der Waals surface area (Å²) in [6, 6.07) is 0.284. The van der Waals surface area contributed by atoms with Crippen LogP contribution in [-0.4, -0.2) is 48.6 Å². The third kappa shape index (κ3) is 5.38. The molecule has 6 heteroatoms. The topological polar surface area (TPSA) is 63.5 Å². The van der Waals surface area contributed by atoms with E-state index in [2.05, 4.69) is 48.4 Å². The molecule has 0 fully saturated rings. The zero-order valence-corrected chi connectivity index (χ0v) is 14.2. The standard InChI is InChI=1S/C15H29N5O/c1-7-16-15(17-8-9-21-6)18-11(2)10-14-12(3)19-20(5)13(14)4/h11H,7-10H2,1-6H3,(H2,16,17,18). The van der Waals surface area contributed by atoms with Crippen molar-refractivity contribution in [1.29, 1.82) is 0 Å². The predicted octanol–water partition coefficient (Wildman–Crippen LogP) is 1.17. The van der Waals surface area contributed by atoms with Gasteiger partial charge < -0.3 is 15.4 Å². The van der Waals surface area contributed by atoms with Crippen LogP contribution in [-0.2, 0) is 18.2 Å². The fourth-order valence-electron chi connectivity index (χ4n) is 2.27. The van der Waals surface area contributed by atoms with Gasteiger partial charge in [-0.05, 0) is 39.7 Å². The van der Waals surface area contributed by atoms with Gasteiger partial charge in [0.2, 0.25) is 0 Å². The van der Waals surface area contributed by atoms with Crippen LogP contribution >= 0.6 is 0 Å². The molecule has 1 rings (SSSR count). The van der Waals surface area contributed by atoms with Crippen molar-refractivity contribution in [2.24, 2.45) is 12.0 Å². The zero-order chi connectivity index (χ0) is 15.8. The van der Waals surface area contributed by atoms with E-state index in [0.717, 1.165) is 24.6 Å². The molecule has 1 aromatic heterocycles. The maximum absolute atomic E-state index is 5.03. The third-order valence-corrected chi connectivity index (χ3v) is 3.46. The molecule has 0 radical (unpaired) electrons. The first-order valence-corrected chi connectivity index (χ1v) is 7.52. The van der Waals surface area contributed by atoms with E-state index in [4.69, 9.17) is 4.74 Å². The van der Waals surface area contributed by atoms with Crippen LogP contribution in [0.3, 0.4) is 0 Å². The number of ether oxygens (including phenoxy) is 1. The lowest BCUT2D eigenvalue weighted by Gasteiger charge is -2.18. The molecular weight excluding hydrogens is 266 g/mol. The summed E-state index contributed by atoms with van der Waals surface area (Å²) in [5.74, 6) is 0.834. The van der Waals surface area contributed by atoms with Gasteiger partial charge in [0.25, 0.3) is 0 Å². The minimum Gasteiger partial charge on any atom is -0.383 e. The van der Waals surface area contributed by atoms with E-state index in [-0.39, 0.29) is 6.04 Å². The lowest BCUT2D eigenvalue weighted by atomic mass is 10.1. The van der Waals surface area contributed by atoms with Crippen LogP contribution in [0.5, 0.6) is 0 Å². The first kappa shape index (κ1) is 17.5. The third-order valence-electron chi connectivity index (χ3n) is 3.46. The van der Waals surface area contributed by atoms with E-state index in [9.17, 15) is 0 Å². The number of nitrogens with zero attached hydrogens (tertiary/aromatic N) is 3. The van der Waals surface area contributed by atoms with E-state index in [1.165, 1.54) is 11.3 Å². The van der Waals surface area contributed by atoms with E-state index >= 15 is 0 Å². The van der Waals surface area contributed by atoms with Gasteiger partial charge in [-0.3, -0.25) is 9.67 Å². The number of rotatable bonds is 7. The van der Waals surface area contributed by atoms with E-state index in [1.54, 1.807) is 7.11 Å². The number of methoxy groups -OCH3 is 1. The van der Waals surface area contributed by atoms with Gasteiger partial charge in [0, 0.05) is 32.4 Å². The van der Waals surface area contributed by atoms with Gasteiger partial charge in [0.1, 0.15) is 0 Å². The second-order valence-electron chi connectivity index (χ2n) is 5.28. The second-order valence-corrected chi connectivity index (χ2v) is 5.28. The Morgan fingerprint density at radius 3 is 2.67 bits per heavy atom. The summed E-state index contributed by atoms with van der Waals surface area (Å²) in [4.78, 5) is 4.48. The highest BCUT2D eigenvalue weighted by Gasteiger charge is 2.13. The van der Waals surface area contributed by atoms with Crippen LogP contribution in [0, 0.1) is 13.8 Å². The molecule has 0 aliphatic carbocycles. The number of aryl methyl sites for hydroxylation is 2. The van der Waals surface area contributed by atoms with E-state index in [0.29, 0.717) is 13.2 Å². The van der Waals surface area contributed by atoms with Crippen molar-refractivity contribution in [3.05, 3.63) is 17.0 Å². The number of nitrogens with one attached hydrogen (secondary N) is 2. The molecule has 0 aliphatic heterocycles. The Labute approximate surface area is 128 Å². The summed E-state index contributed by atoms with van der Waals surface area (Å²) in [7, 11) is 3.67. The fraction of sp³-hybridized carbons (Fsp3) is 0.733. The van der Waals surface area contributed by atoms with Crippen LogP contribution in [0.2, 0.25) is 0 Å². The molecule has 0 saturated heterocycles. The molecule has 0 spiro atoms. The molecule has 120 valence electrons. The number of aromatic nitrogens is 2. The van der Waals surface area contributed by atoms with Crippen LogP contribution < -0.4 is 10.6 Å². The summed E-state index contributed by atoms with van der Waals surface area (Å²) in [6.45, 7) is 10.5. The minimum atomic E-state index is 0.284. The first-order valence-electron chi connectivity index (χ1n) is 7.52. The van der Waals surface area contributed by atoms with Crippen molar-refractivity contribution >= 4 is 5.96 Å². The molecule has 1 unspecified atom stereocenters. The summed E-state index contributed by atoms with van der Waals surface area (Å²) >= 11 is 0. The molecule has 0 aromatic carbocycles. The molecule has 1 heterocycles. The number of aliphatic imine (C=N–C) groups is 1. The molecule has 0 bridgehead atoms. The van der Waals surface area contributed by atoms with Crippen molar-refractivity contribution < 1.29 is 4.74 Å². The highest BCUT2D eigenvalue weighted by molar-refractivity contribution is 5.80. The molecule has 21 heavy (non-hydrogen) atoms. The average Bonchev–Trinajstić information content (AvgIpc) is 2.66. The molecule has 0 saturated carbocycles. The van der Waals surface area contributed by atoms with Crippen LogP contribution in [0.15, 0.2) is 4.99 Å². The molecule has 1 atom stereocenters. The lowest BCUT2D eigenvalue weighted by Crippen LogP contribution is -2.43. The smallest absolute Gasteiger partial charge is 0.191 e. The van der Waals surface area contributed by atoms with Crippen molar-refractivity contribution in [3.63, 3.8) is 0 Å². The molecule has 6 nitrogen and oxygen atoms in total. The summed E-state index contributed by atoms with van der Waals surface area (Å²) in [6.07, 6.45) is 0.931. The van der Waals surface area contributed by atoms with Gasteiger partial charge in [0.05, 0.1) is 18.8 Å². The second kappa shape index (κ2) is 8.67. The first-order chi connectivity index (χ1) is 9.99. The fourth-order valence-corrected chi connectivity index (χ4v) is 2.27. The Hall–Kier alpha value is -1.56. The Bertz CT molecular complexity index is 467. The largest absolute Gasteiger partial charge is 0.383 e. The van der Waals surface area contributed by atoms with Crippen molar-refractivity contribution in [1.82, 2.24) is 20.4 Å². The van der Waals surface area contributed by atoms with Gasteiger partial charge in [-0.2, -0.15) is 5.10 Å². The number of hydrogen-bond donors (Lipinski definition) is 2. The average molecular weight is 295 g/mol. The maximum atomic E-state index is 5.03. The number of guanidine groups is 1. The van der Waals surface area contributed by atoms with E-state index in [1.807, 2.05) is 11.7 Å². The Kier molecular flexibility index (Phi) is 7.22. The van der Waals surface area contributed by atoms with E-state index < -0.39 is 0 Å². The van der Waals surface area contributed by atoms with Crippen LogP contribution in [0.1, 0.15) is 30.8 Å². The van der Waals surface area contributed by atoms with Crippen molar-refractivity contribution in [3.8, 4) is 0 Å². The van der Waals surface area contributed by atoms with Gasteiger partial charge in [-0.15, -0.1) is 0 Å². The van der Waals surface area contributed by atoms with Gasteiger partial charge >= 0.3 is 0 Å². The molecule has 0 aliphatic rings. The SMILES string of the molecule is CCNC(=NCCOC)NC(C)Cc1c(C)nn(C)c1C.